The van der Waals surface area contributed by atoms with Crippen molar-refractivity contribution in [1.29, 1.82) is 0 Å². The van der Waals surface area contributed by atoms with Crippen LogP contribution in [0.25, 0.3) is 0 Å². The van der Waals surface area contributed by atoms with Gasteiger partial charge in [-0.1, -0.05) is 12.1 Å². The van der Waals surface area contributed by atoms with Crippen LogP contribution in [0, 0.1) is 0 Å². The van der Waals surface area contributed by atoms with Gasteiger partial charge in [-0.05, 0) is 31.5 Å². The Labute approximate surface area is 110 Å². The van der Waals surface area contributed by atoms with E-state index >= 15 is 0 Å². The second kappa shape index (κ2) is 6.25. The van der Waals surface area contributed by atoms with Crippen LogP contribution in [0.2, 0.25) is 0 Å². The zero-order chi connectivity index (χ0) is 14.5. The van der Waals surface area contributed by atoms with Crippen molar-refractivity contribution in [2.75, 3.05) is 13.2 Å². The topological polar surface area (TPSA) is 41.5 Å². The maximum Gasteiger partial charge on any atom is 0.422 e. The molecule has 0 unspecified atom stereocenters. The second-order valence-corrected chi connectivity index (χ2v) is 4.96. The molecule has 0 aliphatic heterocycles. The quantitative estimate of drug-likeness (QED) is 0.839. The second-order valence-electron chi connectivity index (χ2n) is 4.96. The van der Waals surface area contributed by atoms with E-state index in [9.17, 15) is 18.3 Å². The summed E-state index contributed by atoms with van der Waals surface area (Å²) in [5, 5.41) is 12.5. The Kier molecular flexibility index (Phi) is 5.20. The van der Waals surface area contributed by atoms with Gasteiger partial charge in [0.2, 0.25) is 0 Å². The van der Waals surface area contributed by atoms with Gasteiger partial charge in [0, 0.05) is 13.1 Å². The van der Waals surface area contributed by atoms with Gasteiger partial charge in [0.25, 0.3) is 0 Å². The molecule has 0 bridgehead atoms. The van der Waals surface area contributed by atoms with Gasteiger partial charge in [-0.2, -0.15) is 13.2 Å². The van der Waals surface area contributed by atoms with Crippen molar-refractivity contribution in [2.24, 2.45) is 0 Å². The van der Waals surface area contributed by atoms with E-state index in [1.54, 1.807) is 26.0 Å². The van der Waals surface area contributed by atoms with E-state index in [4.69, 9.17) is 0 Å². The number of benzene rings is 1. The van der Waals surface area contributed by atoms with Gasteiger partial charge in [0.05, 0.1) is 5.60 Å². The van der Waals surface area contributed by atoms with E-state index in [0.29, 0.717) is 13.1 Å². The molecule has 0 radical (unpaired) electrons. The first kappa shape index (κ1) is 15.8. The van der Waals surface area contributed by atoms with Gasteiger partial charge in [-0.3, -0.25) is 0 Å². The Hall–Kier alpha value is -1.27. The normalized spacial score (nSPS) is 12.5. The number of rotatable bonds is 6. The number of nitrogens with one attached hydrogen (secondary N) is 1. The molecule has 1 aromatic carbocycles. The minimum absolute atomic E-state index is 0.184. The summed E-state index contributed by atoms with van der Waals surface area (Å²) >= 11 is 0. The Morgan fingerprint density at radius 3 is 2.21 bits per heavy atom. The molecule has 0 heterocycles. The van der Waals surface area contributed by atoms with Gasteiger partial charge in [0.15, 0.2) is 6.61 Å². The summed E-state index contributed by atoms with van der Waals surface area (Å²) in [6.45, 7) is 3.05. The molecule has 108 valence electrons. The Balaban J connectivity index is 2.39. The molecule has 0 spiro atoms. The molecule has 0 aliphatic carbocycles. The molecule has 0 atom stereocenters. The molecule has 1 rings (SSSR count). The monoisotopic (exact) mass is 277 g/mol. The van der Waals surface area contributed by atoms with Crippen LogP contribution in [0.1, 0.15) is 19.4 Å². The molecule has 2 N–H and O–H groups in total. The van der Waals surface area contributed by atoms with E-state index in [0.717, 1.165) is 5.56 Å². The van der Waals surface area contributed by atoms with E-state index in [2.05, 4.69) is 10.1 Å². The highest BCUT2D eigenvalue weighted by molar-refractivity contribution is 5.27. The van der Waals surface area contributed by atoms with Crippen molar-refractivity contribution in [3.8, 4) is 5.75 Å². The van der Waals surface area contributed by atoms with Crippen LogP contribution in [-0.4, -0.2) is 30.0 Å². The van der Waals surface area contributed by atoms with Crippen LogP contribution in [0.4, 0.5) is 13.2 Å². The van der Waals surface area contributed by atoms with Crippen molar-refractivity contribution < 1.29 is 23.0 Å². The number of hydrogen-bond donors (Lipinski definition) is 2. The lowest BCUT2D eigenvalue weighted by Gasteiger charge is -2.17. The van der Waals surface area contributed by atoms with E-state index in [1.165, 1.54) is 12.1 Å². The van der Waals surface area contributed by atoms with Crippen LogP contribution >= 0.6 is 0 Å². The van der Waals surface area contributed by atoms with Crippen molar-refractivity contribution in [3.05, 3.63) is 29.8 Å². The average Bonchev–Trinajstić information content (AvgIpc) is 2.25. The average molecular weight is 277 g/mol. The van der Waals surface area contributed by atoms with Gasteiger partial charge >= 0.3 is 6.18 Å². The fourth-order valence-corrected chi connectivity index (χ4v) is 1.38. The van der Waals surface area contributed by atoms with Crippen LogP contribution in [0.3, 0.4) is 0 Å². The highest BCUT2D eigenvalue weighted by Gasteiger charge is 2.28. The smallest absolute Gasteiger partial charge is 0.422 e. The molecule has 0 aromatic heterocycles. The summed E-state index contributed by atoms with van der Waals surface area (Å²) < 4.78 is 40.4. The van der Waals surface area contributed by atoms with Gasteiger partial charge < -0.3 is 15.2 Å². The molecule has 0 saturated heterocycles. The number of alkyl halides is 3. The molecule has 0 saturated carbocycles. The molecule has 19 heavy (non-hydrogen) atoms. The highest BCUT2D eigenvalue weighted by atomic mass is 19.4. The van der Waals surface area contributed by atoms with E-state index < -0.39 is 18.4 Å². The molecular weight excluding hydrogens is 259 g/mol. The third-order valence-electron chi connectivity index (χ3n) is 2.21. The maximum atomic E-state index is 11.9. The SMILES string of the molecule is CC(C)(O)CNCc1ccc(OCC(F)(F)F)cc1. The van der Waals surface area contributed by atoms with Crippen molar-refractivity contribution in [3.63, 3.8) is 0 Å². The summed E-state index contributed by atoms with van der Waals surface area (Å²) in [6, 6.07) is 6.35. The first-order valence-electron chi connectivity index (χ1n) is 5.87. The van der Waals surface area contributed by atoms with Crippen molar-refractivity contribution >= 4 is 0 Å². The van der Waals surface area contributed by atoms with Crippen LogP contribution in [0.15, 0.2) is 24.3 Å². The molecular formula is C13H18F3NO2. The first-order valence-corrected chi connectivity index (χ1v) is 5.87. The Morgan fingerprint density at radius 2 is 1.74 bits per heavy atom. The molecule has 3 nitrogen and oxygen atoms in total. The molecule has 0 aliphatic rings. The number of aliphatic hydroxyl groups is 1. The Morgan fingerprint density at radius 1 is 1.16 bits per heavy atom. The summed E-state index contributed by atoms with van der Waals surface area (Å²) in [5.74, 6) is 0.184. The first-order chi connectivity index (χ1) is 8.66. The minimum Gasteiger partial charge on any atom is -0.484 e. The van der Waals surface area contributed by atoms with E-state index in [1.807, 2.05) is 0 Å². The summed E-state index contributed by atoms with van der Waals surface area (Å²) in [7, 11) is 0. The lowest BCUT2D eigenvalue weighted by Crippen LogP contribution is -2.34. The summed E-state index contributed by atoms with van der Waals surface area (Å²) in [6.07, 6.45) is -4.33. The third kappa shape index (κ3) is 7.69. The lowest BCUT2D eigenvalue weighted by atomic mass is 10.1. The molecule has 0 fully saturated rings. The largest absolute Gasteiger partial charge is 0.484 e. The third-order valence-corrected chi connectivity index (χ3v) is 2.21. The fourth-order valence-electron chi connectivity index (χ4n) is 1.38. The van der Waals surface area contributed by atoms with Crippen LogP contribution in [-0.2, 0) is 6.54 Å². The van der Waals surface area contributed by atoms with Crippen LogP contribution < -0.4 is 10.1 Å². The Bertz CT molecular complexity index is 382. The van der Waals surface area contributed by atoms with E-state index in [-0.39, 0.29) is 5.75 Å². The zero-order valence-electron chi connectivity index (χ0n) is 10.9. The highest BCUT2D eigenvalue weighted by Crippen LogP contribution is 2.18. The number of ether oxygens (including phenoxy) is 1. The van der Waals surface area contributed by atoms with Crippen LogP contribution in [0.5, 0.6) is 5.75 Å². The van der Waals surface area contributed by atoms with Crippen molar-refractivity contribution in [2.45, 2.75) is 32.2 Å². The predicted octanol–water partition coefficient (Wildman–Crippen LogP) is 2.49. The molecule has 0 amide bonds. The minimum atomic E-state index is -4.33. The van der Waals surface area contributed by atoms with Gasteiger partial charge in [0.1, 0.15) is 5.75 Å². The fraction of sp³-hybridized carbons (Fsp3) is 0.538. The van der Waals surface area contributed by atoms with Gasteiger partial charge in [-0.25, -0.2) is 0 Å². The standard InChI is InChI=1S/C13H18F3NO2/c1-12(2,18)8-17-7-10-3-5-11(6-4-10)19-9-13(14,15)16/h3-6,17-18H,7-9H2,1-2H3. The molecule has 6 heteroatoms. The number of halogens is 3. The molecule has 1 aromatic rings. The van der Waals surface area contributed by atoms with Gasteiger partial charge in [-0.15, -0.1) is 0 Å². The van der Waals surface area contributed by atoms with Crippen molar-refractivity contribution in [1.82, 2.24) is 5.32 Å². The summed E-state index contributed by atoms with van der Waals surface area (Å²) in [5.41, 5.74) is 0.110. The lowest BCUT2D eigenvalue weighted by molar-refractivity contribution is -0.153. The summed E-state index contributed by atoms with van der Waals surface area (Å²) in [4.78, 5) is 0. The number of hydrogen-bond acceptors (Lipinski definition) is 3. The predicted molar refractivity (Wildman–Crippen MR) is 66.0 cm³/mol. The zero-order valence-corrected chi connectivity index (χ0v) is 10.9. The maximum absolute atomic E-state index is 11.9.